The molecule has 1 aromatic heterocycles. The number of aryl methyl sites for hydroxylation is 2. The van der Waals surface area contributed by atoms with E-state index in [1.165, 1.54) is 5.56 Å². The SMILES string of the molecule is CCOc1cc(-c2nc3ccc(C)cc3[nH]2)ccc1OC(=O)c1ccc(C)cc1. The van der Waals surface area contributed by atoms with Gasteiger partial charge < -0.3 is 14.5 Å². The quantitative estimate of drug-likeness (QED) is 0.365. The Morgan fingerprint density at radius 1 is 0.931 bits per heavy atom. The predicted molar refractivity (Wildman–Crippen MR) is 114 cm³/mol. The van der Waals surface area contributed by atoms with Crippen molar-refractivity contribution in [1.29, 1.82) is 0 Å². The normalized spacial score (nSPS) is 10.9. The van der Waals surface area contributed by atoms with Crippen molar-refractivity contribution in [2.24, 2.45) is 0 Å². The fourth-order valence-corrected chi connectivity index (χ4v) is 3.12. The molecule has 0 spiro atoms. The molecule has 4 rings (SSSR count). The summed E-state index contributed by atoms with van der Waals surface area (Å²) in [6.45, 7) is 6.37. The zero-order chi connectivity index (χ0) is 20.4. The number of nitrogens with one attached hydrogen (secondary N) is 1. The average Bonchev–Trinajstić information content (AvgIpc) is 3.13. The number of rotatable bonds is 5. The highest BCUT2D eigenvalue weighted by molar-refractivity contribution is 5.91. The van der Waals surface area contributed by atoms with Crippen LogP contribution in [0, 0.1) is 13.8 Å². The third kappa shape index (κ3) is 3.99. The lowest BCUT2D eigenvalue weighted by atomic mass is 10.1. The van der Waals surface area contributed by atoms with E-state index < -0.39 is 5.97 Å². The van der Waals surface area contributed by atoms with E-state index >= 15 is 0 Å². The minimum absolute atomic E-state index is 0.383. The molecule has 29 heavy (non-hydrogen) atoms. The molecular formula is C24H22N2O3. The number of H-pyrrole nitrogens is 1. The van der Waals surface area contributed by atoms with Crippen molar-refractivity contribution in [3.8, 4) is 22.9 Å². The largest absolute Gasteiger partial charge is 0.490 e. The zero-order valence-electron chi connectivity index (χ0n) is 16.7. The maximum atomic E-state index is 12.5. The van der Waals surface area contributed by atoms with E-state index in [0.717, 1.165) is 28.0 Å². The van der Waals surface area contributed by atoms with Gasteiger partial charge in [-0.25, -0.2) is 9.78 Å². The third-order valence-electron chi connectivity index (χ3n) is 4.64. The first-order valence-corrected chi connectivity index (χ1v) is 9.56. The van der Waals surface area contributed by atoms with Gasteiger partial charge >= 0.3 is 5.97 Å². The Morgan fingerprint density at radius 2 is 1.69 bits per heavy atom. The number of fused-ring (bicyclic) bond motifs is 1. The number of imidazole rings is 1. The van der Waals surface area contributed by atoms with Gasteiger partial charge in [0.2, 0.25) is 0 Å². The van der Waals surface area contributed by atoms with Crippen LogP contribution in [-0.4, -0.2) is 22.5 Å². The van der Waals surface area contributed by atoms with Gasteiger partial charge in [0.15, 0.2) is 11.5 Å². The highest BCUT2D eigenvalue weighted by atomic mass is 16.6. The molecule has 0 saturated heterocycles. The second-order valence-electron chi connectivity index (χ2n) is 6.96. The summed E-state index contributed by atoms with van der Waals surface area (Å²) in [6, 6.07) is 18.8. The molecule has 0 bridgehead atoms. The molecule has 0 saturated carbocycles. The average molecular weight is 386 g/mol. The number of hydrogen-bond donors (Lipinski definition) is 1. The lowest BCUT2D eigenvalue weighted by Gasteiger charge is -2.12. The maximum absolute atomic E-state index is 12.5. The lowest BCUT2D eigenvalue weighted by molar-refractivity contribution is 0.0728. The first-order chi connectivity index (χ1) is 14.0. The first kappa shape index (κ1) is 18.7. The minimum atomic E-state index is -0.419. The van der Waals surface area contributed by atoms with Crippen molar-refractivity contribution >= 4 is 17.0 Å². The van der Waals surface area contributed by atoms with E-state index in [0.29, 0.717) is 23.7 Å². The van der Waals surface area contributed by atoms with Crippen molar-refractivity contribution < 1.29 is 14.3 Å². The molecule has 0 unspecified atom stereocenters. The molecule has 1 N–H and O–H groups in total. The summed E-state index contributed by atoms with van der Waals surface area (Å²) in [7, 11) is 0. The fraction of sp³-hybridized carbons (Fsp3) is 0.167. The van der Waals surface area contributed by atoms with Crippen LogP contribution in [0.1, 0.15) is 28.4 Å². The Bertz CT molecular complexity index is 1180. The third-order valence-corrected chi connectivity index (χ3v) is 4.64. The summed E-state index contributed by atoms with van der Waals surface area (Å²) in [5.41, 5.74) is 5.49. The molecule has 4 aromatic rings. The van der Waals surface area contributed by atoms with Gasteiger partial charge in [0, 0.05) is 5.56 Å². The molecule has 0 aliphatic rings. The minimum Gasteiger partial charge on any atom is -0.490 e. The summed E-state index contributed by atoms with van der Waals surface area (Å²) in [4.78, 5) is 20.5. The molecule has 0 aliphatic carbocycles. The second kappa shape index (κ2) is 7.80. The lowest BCUT2D eigenvalue weighted by Crippen LogP contribution is -2.09. The van der Waals surface area contributed by atoms with Crippen molar-refractivity contribution in [2.45, 2.75) is 20.8 Å². The van der Waals surface area contributed by atoms with Crippen molar-refractivity contribution in [3.63, 3.8) is 0 Å². The Kier molecular flexibility index (Phi) is 5.04. The van der Waals surface area contributed by atoms with Crippen LogP contribution in [0.2, 0.25) is 0 Å². The predicted octanol–water partition coefficient (Wildman–Crippen LogP) is 5.46. The standard InChI is InChI=1S/C24H22N2O3/c1-4-28-22-14-18(23-25-19-11-7-16(3)13-20(19)26-23)10-12-21(22)29-24(27)17-8-5-15(2)6-9-17/h5-14H,4H2,1-3H3,(H,25,26). The molecule has 146 valence electrons. The van der Waals surface area contributed by atoms with Gasteiger partial charge in [0.25, 0.3) is 0 Å². The highest BCUT2D eigenvalue weighted by Crippen LogP contribution is 2.33. The van der Waals surface area contributed by atoms with Crippen LogP contribution in [0.5, 0.6) is 11.5 Å². The van der Waals surface area contributed by atoms with Crippen LogP contribution in [0.15, 0.2) is 60.7 Å². The van der Waals surface area contributed by atoms with Gasteiger partial charge in [0.05, 0.1) is 23.2 Å². The Balaban J connectivity index is 1.65. The van der Waals surface area contributed by atoms with Crippen molar-refractivity contribution in [1.82, 2.24) is 9.97 Å². The van der Waals surface area contributed by atoms with Crippen LogP contribution >= 0.6 is 0 Å². The topological polar surface area (TPSA) is 64.2 Å². The van der Waals surface area contributed by atoms with Gasteiger partial charge in [-0.15, -0.1) is 0 Å². The van der Waals surface area contributed by atoms with E-state index in [4.69, 9.17) is 9.47 Å². The molecule has 0 aliphatic heterocycles. The number of aromatic nitrogens is 2. The van der Waals surface area contributed by atoms with E-state index in [1.807, 2.05) is 57.2 Å². The van der Waals surface area contributed by atoms with Gasteiger partial charge in [-0.05, 0) is 68.8 Å². The number of aromatic amines is 1. The fourth-order valence-electron chi connectivity index (χ4n) is 3.12. The Labute approximate surface area is 169 Å². The second-order valence-corrected chi connectivity index (χ2v) is 6.96. The number of benzene rings is 3. The van der Waals surface area contributed by atoms with Gasteiger partial charge in [0.1, 0.15) is 5.82 Å². The highest BCUT2D eigenvalue weighted by Gasteiger charge is 2.15. The van der Waals surface area contributed by atoms with Gasteiger partial charge in [-0.2, -0.15) is 0 Å². The Hall–Kier alpha value is -3.60. The number of carbonyl (C=O) groups is 1. The van der Waals surface area contributed by atoms with Crippen molar-refractivity contribution in [2.75, 3.05) is 6.61 Å². The van der Waals surface area contributed by atoms with E-state index in [1.54, 1.807) is 18.2 Å². The van der Waals surface area contributed by atoms with Crippen LogP contribution in [0.3, 0.4) is 0 Å². The van der Waals surface area contributed by atoms with E-state index in [-0.39, 0.29) is 0 Å². The van der Waals surface area contributed by atoms with Crippen LogP contribution in [-0.2, 0) is 0 Å². The van der Waals surface area contributed by atoms with Gasteiger partial charge in [-0.1, -0.05) is 23.8 Å². The number of ether oxygens (including phenoxy) is 2. The molecule has 3 aromatic carbocycles. The van der Waals surface area contributed by atoms with Crippen LogP contribution in [0.4, 0.5) is 0 Å². The van der Waals surface area contributed by atoms with Gasteiger partial charge in [-0.3, -0.25) is 0 Å². The molecule has 0 amide bonds. The summed E-state index contributed by atoms with van der Waals surface area (Å²) in [5.74, 6) is 1.20. The maximum Gasteiger partial charge on any atom is 0.343 e. The van der Waals surface area contributed by atoms with E-state index in [2.05, 4.69) is 16.0 Å². The zero-order valence-corrected chi connectivity index (χ0v) is 16.7. The first-order valence-electron chi connectivity index (χ1n) is 9.56. The summed E-state index contributed by atoms with van der Waals surface area (Å²) < 4.78 is 11.3. The molecule has 1 heterocycles. The smallest absolute Gasteiger partial charge is 0.343 e. The molecular weight excluding hydrogens is 364 g/mol. The number of hydrogen-bond acceptors (Lipinski definition) is 4. The summed E-state index contributed by atoms with van der Waals surface area (Å²) >= 11 is 0. The summed E-state index contributed by atoms with van der Waals surface area (Å²) in [5, 5.41) is 0. The van der Waals surface area contributed by atoms with Crippen LogP contribution < -0.4 is 9.47 Å². The summed E-state index contributed by atoms with van der Waals surface area (Å²) in [6.07, 6.45) is 0. The number of carbonyl (C=O) groups excluding carboxylic acids is 1. The van der Waals surface area contributed by atoms with Crippen LogP contribution in [0.25, 0.3) is 22.4 Å². The molecule has 5 heteroatoms. The Morgan fingerprint density at radius 3 is 2.45 bits per heavy atom. The molecule has 5 nitrogen and oxygen atoms in total. The number of nitrogens with zero attached hydrogens (tertiary/aromatic N) is 1. The molecule has 0 atom stereocenters. The van der Waals surface area contributed by atoms with Crippen molar-refractivity contribution in [3.05, 3.63) is 77.4 Å². The molecule has 0 fully saturated rings. The monoisotopic (exact) mass is 386 g/mol. The van der Waals surface area contributed by atoms with E-state index in [9.17, 15) is 4.79 Å². The number of esters is 1. The molecule has 0 radical (unpaired) electrons.